The summed E-state index contributed by atoms with van der Waals surface area (Å²) in [6.45, 7) is 5.79. The van der Waals surface area contributed by atoms with Gasteiger partial charge in [0, 0.05) is 0 Å². The van der Waals surface area contributed by atoms with Crippen LogP contribution in [0.5, 0.6) is 0 Å². The van der Waals surface area contributed by atoms with Gasteiger partial charge in [-0.3, -0.25) is 0 Å². The molecule has 0 aliphatic heterocycles. The lowest BCUT2D eigenvalue weighted by Gasteiger charge is -2.12. The summed E-state index contributed by atoms with van der Waals surface area (Å²) in [5, 5.41) is 0. The molecule has 0 saturated carbocycles. The van der Waals surface area contributed by atoms with E-state index in [1.165, 1.54) is 0 Å². The number of carbonyl (C=O) groups excluding carboxylic acids is 2. The predicted octanol–water partition coefficient (Wildman–Crippen LogP) is 3.05. The van der Waals surface area contributed by atoms with E-state index in [0.717, 1.165) is 29.5 Å². The molecule has 0 unspecified atom stereocenters. The molecule has 0 spiro atoms. The van der Waals surface area contributed by atoms with Crippen molar-refractivity contribution >= 4 is 23.5 Å². The maximum absolute atomic E-state index is 10.5. The fourth-order valence-electron chi connectivity index (χ4n) is 1.92. The first kappa shape index (κ1) is 13.0. The summed E-state index contributed by atoms with van der Waals surface area (Å²) in [6.07, 6.45) is 4.57. The number of aliphatic imine (C=N–C) groups is 2. The zero-order chi connectivity index (χ0) is 12.8. The molecule has 88 valence electrons. The van der Waals surface area contributed by atoms with Crippen LogP contribution < -0.4 is 0 Å². The van der Waals surface area contributed by atoms with Crippen LogP contribution in [0.3, 0.4) is 0 Å². The largest absolute Gasteiger partial charge is 0.240 e. The Bertz CT molecular complexity index is 523. The molecule has 0 saturated heterocycles. The molecule has 0 bridgehead atoms. The molecular formula is C13H14N2O2. The second kappa shape index (κ2) is 5.90. The Morgan fingerprint density at radius 3 is 2.24 bits per heavy atom. The average molecular weight is 230 g/mol. The monoisotopic (exact) mass is 230 g/mol. The minimum atomic E-state index is 0.596. The van der Waals surface area contributed by atoms with Gasteiger partial charge in [0.1, 0.15) is 0 Å². The van der Waals surface area contributed by atoms with E-state index in [1.54, 1.807) is 18.2 Å². The lowest BCUT2D eigenvalue weighted by atomic mass is 9.96. The first-order chi connectivity index (χ1) is 8.19. The lowest BCUT2D eigenvalue weighted by molar-refractivity contribution is 0.564. The molecule has 4 nitrogen and oxygen atoms in total. The van der Waals surface area contributed by atoms with Crippen LogP contribution in [0.4, 0.5) is 11.4 Å². The first-order valence-corrected chi connectivity index (χ1v) is 5.50. The SMILES string of the molecule is CCc1cc(N=C=O)c(C)c(CC)c1N=C=O. The quantitative estimate of drug-likeness (QED) is 0.589. The summed E-state index contributed by atoms with van der Waals surface area (Å²) in [4.78, 5) is 28.3. The van der Waals surface area contributed by atoms with Gasteiger partial charge in [-0.1, -0.05) is 13.8 Å². The average Bonchev–Trinajstić information content (AvgIpc) is 2.33. The molecule has 0 N–H and O–H groups in total. The van der Waals surface area contributed by atoms with Crippen molar-refractivity contribution < 1.29 is 9.59 Å². The van der Waals surface area contributed by atoms with Crippen molar-refractivity contribution in [3.63, 3.8) is 0 Å². The zero-order valence-electron chi connectivity index (χ0n) is 10.2. The van der Waals surface area contributed by atoms with Crippen molar-refractivity contribution in [1.29, 1.82) is 0 Å². The number of nitrogens with zero attached hydrogens (tertiary/aromatic N) is 2. The van der Waals surface area contributed by atoms with Crippen molar-refractivity contribution in [2.75, 3.05) is 0 Å². The highest BCUT2D eigenvalue weighted by Crippen LogP contribution is 2.34. The van der Waals surface area contributed by atoms with E-state index in [1.807, 2.05) is 20.8 Å². The van der Waals surface area contributed by atoms with Gasteiger partial charge in [-0.05, 0) is 42.5 Å². The maximum atomic E-state index is 10.5. The summed E-state index contributed by atoms with van der Waals surface area (Å²) in [5.41, 5.74) is 3.94. The van der Waals surface area contributed by atoms with Crippen molar-refractivity contribution in [1.82, 2.24) is 0 Å². The van der Waals surface area contributed by atoms with Crippen molar-refractivity contribution in [3.8, 4) is 0 Å². The predicted molar refractivity (Wildman–Crippen MR) is 65.5 cm³/mol. The number of benzene rings is 1. The van der Waals surface area contributed by atoms with E-state index in [0.29, 0.717) is 11.4 Å². The van der Waals surface area contributed by atoms with E-state index in [2.05, 4.69) is 9.98 Å². The van der Waals surface area contributed by atoms with Crippen LogP contribution in [0.1, 0.15) is 30.5 Å². The lowest BCUT2D eigenvalue weighted by Crippen LogP contribution is -1.93. The molecule has 0 amide bonds. The fraction of sp³-hybridized carbons (Fsp3) is 0.385. The number of isocyanates is 2. The number of hydrogen-bond acceptors (Lipinski definition) is 4. The van der Waals surface area contributed by atoms with Crippen molar-refractivity contribution in [3.05, 3.63) is 22.8 Å². The molecule has 1 rings (SSSR count). The Labute approximate surface area is 100 Å². The van der Waals surface area contributed by atoms with Crippen LogP contribution in [-0.4, -0.2) is 12.2 Å². The van der Waals surface area contributed by atoms with Gasteiger partial charge in [-0.15, -0.1) is 0 Å². The Hall–Kier alpha value is -2.02. The summed E-state index contributed by atoms with van der Waals surface area (Å²) in [5.74, 6) is 0. The number of aryl methyl sites for hydroxylation is 1. The molecule has 0 aliphatic carbocycles. The Kier molecular flexibility index (Phi) is 4.53. The second-order valence-electron chi connectivity index (χ2n) is 3.62. The van der Waals surface area contributed by atoms with Crippen LogP contribution in [0.25, 0.3) is 0 Å². The molecule has 0 heterocycles. The molecule has 0 fully saturated rings. The van der Waals surface area contributed by atoms with Gasteiger partial charge in [0.2, 0.25) is 12.2 Å². The minimum absolute atomic E-state index is 0.596. The molecule has 1 aromatic rings. The molecule has 4 heteroatoms. The molecule has 17 heavy (non-hydrogen) atoms. The third kappa shape index (κ3) is 2.56. The Morgan fingerprint density at radius 2 is 1.76 bits per heavy atom. The van der Waals surface area contributed by atoms with Gasteiger partial charge in [0.15, 0.2) is 0 Å². The van der Waals surface area contributed by atoms with E-state index >= 15 is 0 Å². The molecular weight excluding hydrogens is 216 g/mol. The highest BCUT2D eigenvalue weighted by Gasteiger charge is 2.12. The van der Waals surface area contributed by atoms with Crippen LogP contribution in [0.15, 0.2) is 16.1 Å². The van der Waals surface area contributed by atoms with E-state index in [4.69, 9.17) is 0 Å². The van der Waals surface area contributed by atoms with Crippen molar-refractivity contribution in [2.45, 2.75) is 33.6 Å². The molecule has 0 aliphatic rings. The summed E-state index contributed by atoms with van der Waals surface area (Å²) >= 11 is 0. The highest BCUT2D eigenvalue weighted by atomic mass is 16.1. The number of rotatable bonds is 4. The van der Waals surface area contributed by atoms with Gasteiger partial charge < -0.3 is 0 Å². The molecule has 0 aromatic heterocycles. The maximum Gasteiger partial charge on any atom is 0.240 e. The van der Waals surface area contributed by atoms with E-state index in [9.17, 15) is 9.59 Å². The van der Waals surface area contributed by atoms with Crippen LogP contribution >= 0.6 is 0 Å². The van der Waals surface area contributed by atoms with Crippen LogP contribution in [0, 0.1) is 6.92 Å². The Balaban J connectivity index is 3.66. The second-order valence-corrected chi connectivity index (χ2v) is 3.62. The van der Waals surface area contributed by atoms with Gasteiger partial charge >= 0.3 is 0 Å². The van der Waals surface area contributed by atoms with Gasteiger partial charge in [0.25, 0.3) is 0 Å². The fourth-order valence-corrected chi connectivity index (χ4v) is 1.92. The zero-order valence-corrected chi connectivity index (χ0v) is 10.2. The minimum Gasteiger partial charge on any atom is -0.211 e. The topological polar surface area (TPSA) is 58.9 Å². The van der Waals surface area contributed by atoms with Gasteiger partial charge in [-0.2, -0.15) is 9.98 Å². The third-order valence-electron chi connectivity index (χ3n) is 2.80. The molecule has 0 atom stereocenters. The number of hydrogen-bond donors (Lipinski definition) is 0. The summed E-state index contributed by atoms with van der Waals surface area (Å²) < 4.78 is 0. The normalized spacial score (nSPS) is 9.35. The van der Waals surface area contributed by atoms with E-state index in [-0.39, 0.29) is 0 Å². The van der Waals surface area contributed by atoms with Gasteiger partial charge in [-0.25, -0.2) is 9.59 Å². The highest BCUT2D eigenvalue weighted by molar-refractivity contribution is 5.69. The summed E-state index contributed by atoms with van der Waals surface area (Å²) in [6, 6.07) is 1.77. The molecule has 1 aromatic carbocycles. The smallest absolute Gasteiger partial charge is 0.211 e. The Morgan fingerprint density at radius 1 is 1.12 bits per heavy atom. The van der Waals surface area contributed by atoms with E-state index < -0.39 is 0 Å². The van der Waals surface area contributed by atoms with Crippen LogP contribution in [0.2, 0.25) is 0 Å². The van der Waals surface area contributed by atoms with Crippen molar-refractivity contribution in [2.24, 2.45) is 9.98 Å². The first-order valence-electron chi connectivity index (χ1n) is 5.50. The van der Waals surface area contributed by atoms with Gasteiger partial charge in [0.05, 0.1) is 11.4 Å². The third-order valence-corrected chi connectivity index (χ3v) is 2.80. The summed E-state index contributed by atoms with van der Waals surface area (Å²) in [7, 11) is 0. The molecule has 0 radical (unpaired) electrons. The van der Waals surface area contributed by atoms with Crippen LogP contribution in [-0.2, 0) is 22.4 Å². The standard InChI is InChI=1S/C13H14N2O2/c1-4-10-6-12(14-7-16)9(3)11(5-2)13(10)15-8-17/h6H,4-5H2,1-3H3.